The van der Waals surface area contributed by atoms with Crippen LogP contribution in [-0.2, 0) is 0 Å². The summed E-state index contributed by atoms with van der Waals surface area (Å²) in [6.07, 6.45) is 7.34. The Bertz CT molecular complexity index is 6580. The minimum atomic E-state index is 0.849. The normalized spacial score (nSPS) is 11.5. The highest BCUT2D eigenvalue weighted by Gasteiger charge is 2.20. The molecule has 0 aliphatic carbocycles. The van der Waals surface area contributed by atoms with Gasteiger partial charge in [0.25, 0.3) is 0 Å². The molecule has 0 saturated heterocycles. The van der Waals surface area contributed by atoms with Crippen molar-refractivity contribution in [3.05, 3.63) is 346 Å². The van der Waals surface area contributed by atoms with Crippen LogP contribution in [0.4, 0.5) is 0 Å². The Morgan fingerprint density at radius 1 is 0.167 bits per heavy atom. The predicted molar refractivity (Wildman–Crippen MR) is 420 cm³/mol. The minimum Gasteiger partial charge on any atom is -0.256 e. The van der Waals surface area contributed by atoms with Gasteiger partial charge in [-0.05, 0) is 159 Å². The molecule has 0 radical (unpaired) electrons. The summed E-state index contributed by atoms with van der Waals surface area (Å²) in [5.41, 5.74) is 23.4. The van der Waals surface area contributed by atoms with E-state index in [1.54, 1.807) is 6.20 Å². The molecule has 0 N–H and O–H groups in total. The van der Waals surface area contributed by atoms with Gasteiger partial charge in [-0.1, -0.05) is 206 Å². The number of benzene rings is 11. The number of aromatic nitrogens is 9. The number of fused-ring (bicyclic) bond motifs is 14. The predicted octanol–water partition coefficient (Wildman–Crippen LogP) is 23.3. The molecule has 9 heterocycles. The van der Waals surface area contributed by atoms with E-state index in [1.807, 2.05) is 91.4 Å². The molecule has 11 aromatic carbocycles. The summed E-state index contributed by atoms with van der Waals surface area (Å²) in [5.74, 6) is 0. The molecular weight excluding hydrogens is 1240 g/mol. The lowest BCUT2D eigenvalue weighted by molar-refractivity contribution is 1.25. The molecule has 20 rings (SSSR count). The van der Waals surface area contributed by atoms with Gasteiger partial charge >= 0.3 is 0 Å². The Kier molecular flexibility index (Phi) is 14.7. The second kappa shape index (κ2) is 25.2. The van der Waals surface area contributed by atoms with Crippen molar-refractivity contribution in [1.29, 1.82) is 0 Å². The minimum absolute atomic E-state index is 0.849. The Morgan fingerprint density at radius 3 is 1.02 bits per heavy atom. The first-order valence-electron chi connectivity index (χ1n) is 34.1. The fourth-order valence-electron chi connectivity index (χ4n) is 14.6. The van der Waals surface area contributed by atoms with Gasteiger partial charge in [0.05, 0.1) is 78.7 Å². The van der Waals surface area contributed by atoms with E-state index in [2.05, 4.69) is 264 Å². The smallest absolute Gasteiger partial charge is 0.0978 e. The van der Waals surface area contributed by atoms with Crippen LogP contribution in [0.2, 0.25) is 0 Å². The van der Waals surface area contributed by atoms with Gasteiger partial charge in [-0.25, -0.2) is 24.9 Å². The van der Waals surface area contributed by atoms with Crippen molar-refractivity contribution in [2.24, 2.45) is 0 Å². The Morgan fingerprint density at radius 2 is 0.539 bits per heavy atom. The molecular formula is C93H57N9. The Balaban J connectivity index is 0.000000142. The van der Waals surface area contributed by atoms with Crippen molar-refractivity contribution >= 4 is 97.7 Å². The van der Waals surface area contributed by atoms with Crippen molar-refractivity contribution in [3.8, 4) is 101 Å². The van der Waals surface area contributed by atoms with Crippen molar-refractivity contribution < 1.29 is 0 Å². The summed E-state index contributed by atoms with van der Waals surface area (Å²) in [6, 6.07) is 112. The lowest BCUT2D eigenvalue weighted by Gasteiger charge is -2.14. The number of hydrogen-bond donors (Lipinski definition) is 0. The van der Waals surface area contributed by atoms with E-state index < -0.39 is 0 Å². The lowest BCUT2D eigenvalue weighted by Crippen LogP contribution is -1.94. The molecule has 9 nitrogen and oxygen atoms in total. The molecule has 0 spiro atoms. The quantitative estimate of drug-likeness (QED) is 0.103. The number of nitrogens with zero attached hydrogens (tertiary/aromatic N) is 9. The first kappa shape index (κ1) is 59.4. The second-order valence-electron chi connectivity index (χ2n) is 25.6. The highest BCUT2D eigenvalue weighted by Crippen LogP contribution is 2.43. The standard InChI is InChI=1S/C50H30N4.C43H27N5/c1-2-11-31(12-3-1)48-39-15-6-7-16-45(39)54-50-40(48)26-20-32-23-27-44(53-49(32)50)34-22-25-38-37-24-21-33(29-41(37)35-13-4-5-14-36(35)42(38)30-34)43-18-10-19-47(52-43)46-17-8-9-28-51-46;1-2-10-28(11-3-1)41-34-12-4-5-15-40(34)48-43-35(41)19-16-29-17-21-39(47-42(29)43)30-18-20-38(46-27-30)33-25-31(36-13-6-8-22-44-36)24-32(26-33)37-14-7-9-23-45-37/h1-30H;1-27H. The van der Waals surface area contributed by atoms with Gasteiger partial charge in [0.2, 0.25) is 0 Å². The third-order valence-electron chi connectivity index (χ3n) is 19.5. The van der Waals surface area contributed by atoms with Gasteiger partial charge in [0.1, 0.15) is 0 Å². The molecule has 0 fully saturated rings. The largest absolute Gasteiger partial charge is 0.256 e. The van der Waals surface area contributed by atoms with Gasteiger partial charge in [0, 0.05) is 102 Å². The van der Waals surface area contributed by atoms with Gasteiger partial charge in [0.15, 0.2) is 0 Å². The molecule has 0 amide bonds. The van der Waals surface area contributed by atoms with Crippen LogP contribution in [0, 0.1) is 0 Å². The highest BCUT2D eigenvalue weighted by atomic mass is 14.8. The summed E-state index contributed by atoms with van der Waals surface area (Å²) in [7, 11) is 0. The first-order valence-corrected chi connectivity index (χ1v) is 34.1. The molecule has 0 unspecified atom stereocenters. The molecule has 9 aromatic heterocycles. The van der Waals surface area contributed by atoms with Crippen LogP contribution in [0.5, 0.6) is 0 Å². The topological polar surface area (TPSA) is 116 Å². The Hall–Kier alpha value is -13.9. The maximum atomic E-state index is 5.36. The summed E-state index contributed by atoms with van der Waals surface area (Å²) in [6.45, 7) is 0. The fraction of sp³-hybridized carbons (Fsp3) is 0. The molecule has 0 aliphatic heterocycles. The van der Waals surface area contributed by atoms with E-state index >= 15 is 0 Å². The molecule has 0 aliphatic rings. The molecule has 0 bridgehead atoms. The van der Waals surface area contributed by atoms with Crippen molar-refractivity contribution in [2.75, 3.05) is 0 Å². The van der Waals surface area contributed by atoms with Crippen LogP contribution < -0.4 is 0 Å². The first-order chi connectivity index (χ1) is 50.5. The van der Waals surface area contributed by atoms with Crippen LogP contribution in [0.1, 0.15) is 0 Å². The maximum Gasteiger partial charge on any atom is 0.0978 e. The molecule has 474 valence electrons. The van der Waals surface area contributed by atoms with E-state index in [0.717, 1.165) is 150 Å². The van der Waals surface area contributed by atoms with Crippen LogP contribution in [-0.4, -0.2) is 44.9 Å². The number of pyridine rings is 9. The zero-order valence-corrected chi connectivity index (χ0v) is 54.9. The molecule has 20 aromatic rings. The second-order valence-corrected chi connectivity index (χ2v) is 25.6. The lowest BCUT2D eigenvalue weighted by atomic mass is 9.91. The summed E-state index contributed by atoms with van der Waals surface area (Å²) < 4.78 is 0. The molecule has 0 saturated carbocycles. The highest BCUT2D eigenvalue weighted by molar-refractivity contribution is 6.26. The molecule has 102 heavy (non-hydrogen) atoms. The van der Waals surface area contributed by atoms with E-state index in [4.69, 9.17) is 29.9 Å². The molecule has 0 atom stereocenters. The van der Waals surface area contributed by atoms with Crippen LogP contribution in [0.3, 0.4) is 0 Å². The van der Waals surface area contributed by atoms with Crippen LogP contribution in [0.25, 0.3) is 199 Å². The average molecular weight is 1300 g/mol. The summed E-state index contributed by atoms with van der Waals surface area (Å²) >= 11 is 0. The zero-order chi connectivity index (χ0) is 67.5. The number of hydrogen-bond acceptors (Lipinski definition) is 9. The van der Waals surface area contributed by atoms with Crippen molar-refractivity contribution in [1.82, 2.24) is 44.9 Å². The SMILES string of the molecule is c1ccc(-c2c3ccccc3nc3c2ccc2ccc(-c4ccc(-c5cc(-c6ccccn6)cc(-c6ccccn6)c5)nc4)nc23)cc1.c1ccc(-c2c3ccccc3nc3c2ccc2ccc(-c4ccc5c6ccc(-c7cccc(-c8ccccn8)n7)cc6c6ccccc6c5c4)nc23)cc1. The van der Waals surface area contributed by atoms with E-state index in [9.17, 15) is 0 Å². The monoisotopic (exact) mass is 1300 g/mol. The van der Waals surface area contributed by atoms with E-state index in [-0.39, 0.29) is 0 Å². The fourth-order valence-corrected chi connectivity index (χ4v) is 14.6. The summed E-state index contributed by atoms with van der Waals surface area (Å²) in [4.78, 5) is 44.6. The van der Waals surface area contributed by atoms with Crippen molar-refractivity contribution in [2.45, 2.75) is 0 Å². The Labute approximate surface area is 586 Å². The number of rotatable bonds is 9. The van der Waals surface area contributed by atoms with Crippen LogP contribution in [0.15, 0.2) is 346 Å². The van der Waals surface area contributed by atoms with E-state index in [1.165, 1.54) is 49.0 Å². The zero-order valence-electron chi connectivity index (χ0n) is 54.9. The molecule has 9 heteroatoms. The van der Waals surface area contributed by atoms with Gasteiger partial charge in [-0.2, -0.15) is 0 Å². The van der Waals surface area contributed by atoms with Gasteiger partial charge in [-0.15, -0.1) is 0 Å². The third kappa shape index (κ3) is 10.7. The third-order valence-corrected chi connectivity index (χ3v) is 19.5. The van der Waals surface area contributed by atoms with Gasteiger partial charge in [-0.3, -0.25) is 19.9 Å². The number of para-hydroxylation sites is 2. The average Bonchev–Trinajstić information content (AvgIpc) is 0.770. The van der Waals surface area contributed by atoms with Crippen molar-refractivity contribution in [3.63, 3.8) is 0 Å². The maximum absolute atomic E-state index is 5.36. The van der Waals surface area contributed by atoms with Gasteiger partial charge < -0.3 is 0 Å². The van der Waals surface area contributed by atoms with Crippen LogP contribution >= 0.6 is 0 Å². The summed E-state index contributed by atoms with van der Waals surface area (Å²) in [5, 5.41) is 13.8. The van der Waals surface area contributed by atoms with E-state index in [0.29, 0.717) is 0 Å².